The number of esters is 1. The summed E-state index contributed by atoms with van der Waals surface area (Å²) in [4.78, 5) is 10.3. The first-order chi connectivity index (χ1) is 8.00. The second-order valence-electron chi connectivity index (χ2n) is 3.22. The molecule has 0 saturated heterocycles. The lowest BCUT2D eigenvalue weighted by molar-refractivity contribution is -0.206. The van der Waals surface area contributed by atoms with E-state index in [0.717, 1.165) is 0 Å². The number of alkyl halides is 6. The molecule has 0 aliphatic heterocycles. The Kier molecular flexibility index (Phi) is 5.62. The van der Waals surface area contributed by atoms with Gasteiger partial charge in [0.25, 0.3) is 0 Å². The Bertz CT molecular complexity index is 327. The SMILES string of the molecule is CCCC/C(F)=C(\OC(=O)C(F)(F)F)C(F)(F)F. The Labute approximate surface area is 97.4 Å². The Balaban J connectivity index is 5.10. The molecule has 9 heteroatoms. The minimum absolute atomic E-state index is 0.0189. The van der Waals surface area contributed by atoms with E-state index in [1.165, 1.54) is 0 Å². The zero-order valence-electron chi connectivity index (χ0n) is 9.08. The second-order valence-corrected chi connectivity index (χ2v) is 3.22. The highest BCUT2D eigenvalue weighted by Crippen LogP contribution is 2.33. The monoisotopic (exact) mass is 282 g/mol. The van der Waals surface area contributed by atoms with Gasteiger partial charge < -0.3 is 4.74 Å². The largest absolute Gasteiger partial charge is 0.491 e. The van der Waals surface area contributed by atoms with E-state index in [4.69, 9.17) is 0 Å². The molecule has 0 N–H and O–H groups in total. The molecule has 0 amide bonds. The minimum atomic E-state index is -5.62. The van der Waals surface area contributed by atoms with Crippen LogP contribution in [0.4, 0.5) is 30.7 Å². The molecular formula is C9H9F7O2. The molecule has 0 aliphatic carbocycles. The second kappa shape index (κ2) is 6.05. The summed E-state index contributed by atoms with van der Waals surface area (Å²) in [5.74, 6) is -7.58. The average molecular weight is 282 g/mol. The van der Waals surface area contributed by atoms with Crippen molar-refractivity contribution in [3.8, 4) is 0 Å². The van der Waals surface area contributed by atoms with E-state index in [2.05, 4.69) is 4.74 Å². The molecule has 18 heavy (non-hydrogen) atoms. The Morgan fingerprint density at radius 1 is 1.06 bits per heavy atom. The van der Waals surface area contributed by atoms with Crippen molar-refractivity contribution >= 4 is 5.97 Å². The van der Waals surface area contributed by atoms with Gasteiger partial charge in [0.05, 0.1) is 0 Å². The number of hydrogen-bond acceptors (Lipinski definition) is 2. The molecule has 0 spiro atoms. The minimum Gasteiger partial charge on any atom is -0.412 e. The van der Waals surface area contributed by atoms with Crippen LogP contribution in [0.2, 0.25) is 0 Å². The third kappa shape index (κ3) is 5.37. The van der Waals surface area contributed by atoms with Gasteiger partial charge in [-0.15, -0.1) is 0 Å². The van der Waals surface area contributed by atoms with Gasteiger partial charge in [0, 0.05) is 6.42 Å². The van der Waals surface area contributed by atoms with E-state index in [0.29, 0.717) is 6.42 Å². The standard InChI is InChI=1S/C9H9F7O2/c1-2-3-4-5(10)6(8(11,12)13)18-7(17)9(14,15)16/h2-4H2,1H3/b6-5+. The number of hydrogen-bond donors (Lipinski definition) is 0. The van der Waals surface area contributed by atoms with Crippen molar-refractivity contribution in [3.63, 3.8) is 0 Å². The first kappa shape index (κ1) is 16.7. The summed E-state index contributed by atoms with van der Waals surface area (Å²) in [5.41, 5.74) is 0. The summed E-state index contributed by atoms with van der Waals surface area (Å²) in [7, 11) is 0. The maximum atomic E-state index is 13.0. The fraction of sp³-hybridized carbons (Fsp3) is 0.667. The lowest BCUT2D eigenvalue weighted by atomic mass is 10.2. The molecule has 0 aliphatic rings. The highest BCUT2D eigenvalue weighted by Gasteiger charge is 2.47. The van der Waals surface area contributed by atoms with E-state index in [9.17, 15) is 35.5 Å². The van der Waals surface area contributed by atoms with Crippen LogP contribution in [-0.4, -0.2) is 18.3 Å². The van der Waals surface area contributed by atoms with E-state index in [1.54, 1.807) is 6.92 Å². The zero-order chi connectivity index (χ0) is 14.6. The van der Waals surface area contributed by atoms with Crippen molar-refractivity contribution < 1.29 is 40.3 Å². The topological polar surface area (TPSA) is 26.3 Å². The van der Waals surface area contributed by atoms with E-state index in [-0.39, 0.29) is 6.42 Å². The third-order valence-corrected chi connectivity index (χ3v) is 1.68. The van der Waals surface area contributed by atoms with Gasteiger partial charge in [-0.2, -0.15) is 26.3 Å². The lowest BCUT2D eigenvalue weighted by Gasteiger charge is -2.14. The van der Waals surface area contributed by atoms with Crippen LogP contribution < -0.4 is 0 Å². The summed E-state index contributed by atoms with van der Waals surface area (Å²) in [6, 6.07) is 0. The molecule has 0 heterocycles. The maximum absolute atomic E-state index is 13.0. The molecule has 0 aromatic heterocycles. The number of carbonyl (C=O) groups is 1. The molecule has 0 unspecified atom stereocenters. The number of carbonyl (C=O) groups excluding carboxylic acids is 1. The summed E-state index contributed by atoms with van der Waals surface area (Å²) in [5, 5.41) is 0. The van der Waals surface area contributed by atoms with Crippen LogP contribution in [0.15, 0.2) is 11.6 Å². The summed E-state index contributed by atoms with van der Waals surface area (Å²) >= 11 is 0. The summed E-state index contributed by atoms with van der Waals surface area (Å²) < 4.78 is 87.9. The third-order valence-electron chi connectivity index (χ3n) is 1.68. The van der Waals surface area contributed by atoms with Crippen LogP contribution in [0.5, 0.6) is 0 Å². The molecular weight excluding hydrogens is 273 g/mol. The normalized spacial score (nSPS) is 14.2. The molecule has 2 nitrogen and oxygen atoms in total. The fourth-order valence-electron chi connectivity index (χ4n) is 0.863. The van der Waals surface area contributed by atoms with Crippen LogP contribution in [-0.2, 0) is 9.53 Å². The number of unbranched alkanes of at least 4 members (excludes halogenated alkanes) is 1. The van der Waals surface area contributed by atoms with Crippen LogP contribution in [0.1, 0.15) is 26.2 Å². The van der Waals surface area contributed by atoms with Crippen molar-refractivity contribution in [3.05, 3.63) is 11.6 Å². The van der Waals surface area contributed by atoms with Gasteiger partial charge in [0.1, 0.15) is 5.83 Å². The van der Waals surface area contributed by atoms with Crippen LogP contribution in [0.25, 0.3) is 0 Å². The van der Waals surface area contributed by atoms with Gasteiger partial charge in [-0.3, -0.25) is 0 Å². The Morgan fingerprint density at radius 2 is 1.56 bits per heavy atom. The van der Waals surface area contributed by atoms with Crippen LogP contribution in [0.3, 0.4) is 0 Å². The molecule has 0 fully saturated rings. The van der Waals surface area contributed by atoms with Gasteiger partial charge in [0.2, 0.25) is 5.76 Å². The van der Waals surface area contributed by atoms with E-state index >= 15 is 0 Å². The van der Waals surface area contributed by atoms with Gasteiger partial charge in [0.15, 0.2) is 0 Å². The fourth-order valence-corrected chi connectivity index (χ4v) is 0.863. The molecule has 0 atom stereocenters. The maximum Gasteiger partial charge on any atom is 0.491 e. The van der Waals surface area contributed by atoms with E-state index < -0.39 is 36.3 Å². The van der Waals surface area contributed by atoms with Crippen LogP contribution in [0, 0.1) is 0 Å². The van der Waals surface area contributed by atoms with Gasteiger partial charge in [-0.1, -0.05) is 13.3 Å². The number of ether oxygens (including phenoxy) is 1. The van der Waals surface area contributed by atoms with Crippen molar-refractivity contribution in [2.45, 2.75) is 38.5 Å². The van der Waals surface area contributed by atoms with Gasteiger partial charge >= 0.3 is 18.3 Å². The van der Waals surface area contributed by atoms with Gasteiger partial charge in [-0.25, -0.2) is 9.18 Å². The molecule has 0 rings (SSSR count). The van der Waals surface area contributed by atoms with Crippen molar-refractivity contribution in [2.75, 3.05) is 0 Å². The molecule has 0 aromatic carbocycles. The average Bonchev–Trinajstić information content (AvgIpc) is 2.18. The number of halogens is 7. The molecule has 0 aromatic rings. The first-order valence-electron chi connectivity index (χ1n) is 4.75. The molecule has 0 saturated carbocycles. The highest BCUT2D eigenvalue weighted by atomic mass is 19.4. The van der Waals surface area contributed by atoms with E-state index in [1.807, 2.05) is 0 Å². The molecule has 0 radical (unpaired) electrons. The van der Waals surface area contributed by atoms with Gasteiger partial charge in [-0.05, 0) is 6.42 Å². The predicted octanol–water partition coefficient (Wildman–Crippen LogP) is 4.03. The number of rotatable bonds is 4. The quantitative estimate of drug-likeness (QED) is 0.442. The Hall–Kier alpha value is -1.28. The predicted molar refractivity (Wildman–Crippen MR) is 45.9 cm³/mol. The molecule has 0 bridgehead atoms. The van der Waals surface area contributed by atoms with Crippen LogP contribution >= 0.6 is 0 Å². The smallest absolute Gasteiger partial charge is 0.412 e. The zero-order valence-corrected chi connectivity index (χ0v) is 9.08. The highest BCUT2D eigenvalue weighted by molar-refractivity contribution is 5.76. The number of allylic oxidation sites excluding steroid dienone is 2. The summed E-state index contributed by atoms with van der Waals surface area (Å²) in [6.07, 6.45) is -11.6. The van der Waals surface area contributed by atoms with Crippen molar-refractivity contribution in [1.29, 1.82) is 0 Å². The first-order valence-corrected chi connectivity index (χ1v) is 4.75. The summed E-state index contributed by atoms with van der Waals surface area (Å²) in [6.45, 7) is 1.54. The van der Waals surface area contributed by atoms with Crippen molar-refractivity contribution in [2.24, 2.45) is 0 Å². The van der Waals surface area contributed by atoms with Crippen molar-refractivity contribution in [1.82, 2.24) is 0 Å². The lowest BCUT2D eigenvalue weighted by Crippen LogP contribution is -2.29. The molecule has 106 valence electrons. The Morgan fingerprint density at radius 3 is 1.89 bits per heavy atom.